The third kappa shape index (κ3) is 1.98. The van der Waals surface area contributed by atoms with Crippen LogP contribution in [0.25, 0.3) is 10.1 Å². The number of amides is 1. The Kier molecular flexibility index (Phi) is 2.67. The number of fused-ring (bicyclic) bond motifs is 1. The van der Waals surface area contributed by atoms with E-state index in [4.69, 9.17) is 17.3 Å². The van der Waals surface area contributed by atoms with E-state index in [0.717, 1.165) is 15.0 Å². The third-order valence-corrected chi connectivity index (χ3v) is 3.88. The van der Waals surface area contributed by atoms with Gasteiger partial charge in [0, 0.05) is 15.0 Å². The molecule has 0 unspecified atom stereocenters. The Labute approximate surface area is 96.7 Å². The zero-order valence-corrected chi connectivity index (χ0v) is 9.78. The van der Waals surface area contributed by atoms with Crippen LogP contribution in [-0.2, 0) is 11.2 Å². The molecular formula is C11H10ClNOS. The normalized spacial score (nSPS) is 10.8. The second-order valence-electron chi connectivity index (χ2n) is 3.48. The number of aryl methyl sites for hydroxylation is 1. The van der Waals surface area contributed by atoms with Gasteiger partial charge in [-0.25, -0.2) is 0 Å². The first-order valence-electron chi connectivity index (χ1n) is 4.54. The Morgan fingerprint density at radius 3 is 2.93 bits per heavy atom. The van der Waals surface area contributed by atoms with Crippen molar-refractivity contribution in [1.82, 2.24) is 0 Å². The van der Waals surface area contributed by atoms with E-state index >= 15 is 0 Å². The van der Waals surface area contributed by atoms with Crippen LogP contribution >= 0.6 is 22.9 Å². The summed E-state index contributed by atoms with van der Waals surface area (Å²) in [4.78, 5) is 11.7. The van der Waals surface area contributed by atoms with Crippen molar-refractivity contribution in [1.29, 1.82) is 0 Å². The molecule has 1 aromatic heterocycles. The maximum atomic E-state index is 10.8. The maximum absolute atomic E-state index is 10.8. The van der Waals surface area contributed by atoms with Crippen molar-refractivity contribution < 1.29 is 4.79 Å². The number of halogens is 1. The fraction of sp³-hybridized carbons (Fsp3) is 0.182. The first-order chi connectivity index (χ1) is 7.08. The average Bonchev–Trinajstić information content (AvgIpc) is 2.42. The molecule has 4 heteroatoms. The van der Waals surface area contributed by atoms with Gasteiger partial charge in [0.25, 0.3) is 0 Å². The molecule has 1 heterocycles. The molecule has 0 saturated heterocycles. The molecular weight excluding hydrogens is 230 g/mol. The molecule has 0 saturated carbocycles. The molecule has 15 heavy (non-hydrogen) atoms. The predicted octanol–water partition coefficient (Wildman–Crippen LogP) is 2.89. The summed E-state index contributed by atoms with van der Waals surface area (Å²) in [5, 5.41) is 1.66. The van der Waals surface area contributed by atoms with Crippen molar-refractivity contribution >= 4 is 38.9 Å². The molecule has 0 bridgehead atoms. The quantitative estimate of drug-likeness (QED) is 0.861. The van der Waals surface area contributed by atoms with E-state index in [1.165, 1.54) is 16.9 Å². The van der Waals surface area contributed by atoms with Crippen LogP contribution in [0, 0.1) is 6.92 Å². The molecule has 0 spiro atoms. The number of carbonyl (C=O) groups excluding carboxylic acids is 1. The molecule has 0 atom stereocenters. The van der Waals surface area contributed by atoms with Gasteiger partial charge >= 0.3 is 0 Å². The van der Waals surface area contributed by atoms with Crippen molar-refractivity contribution in [2.75, 3.05) is 0 Å². The van der Waals surface area contributed by atoms with Gasteiger partial charge in [-0.3, -0.25) is 4.79 Å². The highest BCUT2D eigenvalue weighted by molar-refractivity contribution is 7.19. The molecule has 0 aliphatic carbocycles. The van der Waals surface area contributed by atoms with Crippen LogP contribution in [0.1, 0.15) is 10.4 Å². The zero-order chi connectivity index (χ0) is 11.0. The molecule has 0 aliphatic rings. The third-order valence-electron chi connectivity index (χ3n) is 2.19. The number of carbonyl (C=O) groups is 1. The minimum absolute atomic E-state index is 0.219. The second kappa shape index (κ2) is 3.83. The number of thiophene rings is 1. The minimum Gasteiger partial charge on any atom is -0.369 e. The molecule has 0 aliphatic heterocycles. The molecule has 1 aromatic carbocycles. The highest BCUT2D eigenvalue weighted by Gasteiger charge is 2.11. The smallest absolute Gasteiger partial charge is 0.222 e. The van der Waals surface area contributed by atoms with E-state index in [0.29, 0.717) is 5.02 Å². The molecule has 78 valence electrons. The van der Waals surface area contributed by atoms with Crippen molar-refractivity contribution in [2.24, 2.45) is 5.73 Å². The van der Waals surface area contributed by atoms with Gasteiger partial charge in [0.1, 0.15) is 0 Å². The Bertz CT molecular complexity index is 533. The lowest BCUT2D eigenvalue weighted by atomic mass is 10.2. The van der Waals surface area contributed by atoms with E-state index < -0.39 is 0 Å². The van der Waals surface area contributed by atoms with E-state index in [1.54, 1.807) is 0 Å². The second-order valence-corrected chi connectivity index (χ2v) is 5.00. The number of hydrogen-bond donors (Lipinski definition) is 1. The Morgan fingerprint density at radius 2 is 2.27 bits per heavy atom. The van der Waals surface area contributed by atoms with Gasteiger partial charge in [-0.15, -0.1) is 11.3 Å². The lowest BCUT2D eigenvalue weighted by molar-refractivity contribution is -0.117. The number of primary amides is 1. The summed E-state index contributed by atoms with van der Waals surface area (Å²) in [6.07, 6.45) is 0.219. The number of nitrogens with two attached hydrogens (primary N) is 1. The summed E-state index contributed by atoms with van der Waals surface area (Å²) in [5.74, 6) is -0.347. The largest absolute Gasteiger partial charge is 0.369 e. The first kappa shape index (κ1) is 10.5. The lowest BCUT2D eigenvalue weighted by Gasteiger charge is -1.93. The Balaban J connectivity index is 2.58. The molecule has 2 aromatic rings. The summed E-state index contributed by atoms with van der Waals surface area (Å²) < 4.78 is 1.11. The van der Waals surface area contributed by atoms with Gasteiger partial charge < -0.3 is 5.73 Å². The fourth-order valence-electron chi connectivity index (χ4n) is 1.49. The highest BCUT2D eigenvalue weighted by atomic mass is 35.5. The monoisotopic (exact) mass is 239 g/mol. The summed E-state index contributed by atoms with van der Waals surface area (Å²) in [6.45, 7) is 2.03. The summed E-state index contributed by atoms with van der Waals surface area (Å²) in [7, 11) is 0. The van der Waals surface area contributed by atoms with Gasteiger partial charge in [-0.1, -0.05) is 23.7 Å². The van der Waals surface area contributed by atoms with Gasteiger partial charge in [-0.2, -0.15) is 0 Å². The van der Waals surface area contributed by atoms with Gasteiger partial charge in [0.2, 0.25) is 5.91 Å². The zero-order valence-electron chi connectivity index (χ0n) is 8.21. The molecule has 1 amide bonds. The summed E-state index contributed by atoms with van der Waals surface area (Å²) in [5.41, 5.74) is 6.34. The van der Waals surface area contributed by atoms with Gasteiger partial charge in [0.15, 0.2) is 0 Å². The molecule has 2 N–H and O–H groups in total. The molecule has 0 radical (unpaired) electrons. The Hall–Kier alpha value is -1.06. The van der Waals surface area contributed by atoms with E-state index in [1.807, 2.05) is 19.1 Å². The maximum Gasteiger partial charge on any atom is 0.222 e. The SMILES string of the molecule is Cc1ccc2c(Cl)c(CC(N)=O)sc2c1. The standard InChI is InChI=1S/C11H10ClNOS/c1-6-2-3-7-8(4-6)15-9(11(7)12)5-10(13)14/h2-4H,5H2,1H3,(H2,13,14). The van der Waals surface area contributed by atoms with Crippen molar-refractivity contribution in [3.8, 4) is 0 Å². The minimum atomic E-state index is -0.347. The van der Waals surface area contributed by atoms with Crippen LogP contribution in [0.15, 0.2) is 18.2 Å². The number of benzene rings is 1. The van der Waals surface area contributed by atoms with Crippen LogP contribution in [0.5, 0.6) is 0 Å². The lowest BCUT2D eigenvalue weighted by Crippen LogP contribution is -2.12. The molecule has 2 rings (SSSR count). The van der Waals surface area contributed by atoms with Gasteiger partial charge in [-0.05, 0) is 18.6 Å². The Morgan fingerprint density at radius 1 is 1.53 bits per heavy atom. The van der Waals surface area contributed by atoms with Crippen LogP contribution in [0.4, 0.5) is 0 Å². The topological polar surface area (TPSA) is 43.1 Å². The van der Waals surface area contributed by atoms with Crippen molar-refractivity contribution in [3.63, 3.8) is 0 Å². The molecule has 2 nitrogen and oxygen atoms in total. The highest BCUT2D eigenvalue weighted by Crippen LogP contribution is 2.35. The number of hydrogen-bond acceptors (Lipinski definition) is 2. The van der Waals surface area contributed by atoms with Crippen LogP contribution in [0.2, 0.25) is 5.02 Å². The summed E-state index contributed by atoms with van der Waals surface area (Å²) >= 11 is 7.69. The number of rotatable bonds is 2. The fourth-order valence-corrected chi connectivity index (χ4v) is 3.10. The molecule has 0 fully saturated rings. The first-order valence-corrected chi connectivity index (χ1v) is 5.73. The van der Waals surface area contributed by atoms with E-state index in [-0.39, 0.29) is 12.3 Å². The van der Waals surface area contributed by atoms with Crippen molar-refractivity contribution in [3.05, 3.63) is 33.7 Å². The van der Waals surface area contributed by atoms with E-state index in [2.05, 4.69) is 6.07 Å². The van der Waals surface area contributed by atoms with Crippen molar-refractivity contribution in [2.45, 2.75) is 13.3 Å². The summed E-state index contributed by atoms with van der Waals surface area (Å²) in [6, 6.07) is 6.05. The van der Waals surface area contributed by atoms with Crippen LogP contribution in [-0.4, -0.2) is 5.91 Å². The van der Waals surface area contributed by atoms with Crippen LogP contribution in [0.3, 0.4) is 0 Å². The van der Waals surface area contributed by atoms with E-state index in [9.17, 15) is 4.79 Å². The average molecular weight is 240 g/mol. The predicted molar refractivity (Wildman–Crippen MR) is 64.5 cm³/mol. The van der Waals surface area contributed by atoms with Gasteiger partial charge in [0.05, 0.1) is 11.4 Å². The van der Waals surface area contributed by atoms with Crippen LogP contribution < -0.4 is 5.73 Å².